The zero-order chi connectivity index (χ0) is 19.6. The maximum Gasteiger partial charge on any atom is 0.317 e. The Bertz CT molecular complexity index is 485. The van der Waals surface area contributed by atoms with Gasteiger partial charge in [0, 0.05) is 12.0 Å². The van der Waals surface area contributed by atoms with Crippen LogP contribution < -0.4 is 0 Å². The van der Waals surface area contributed by atoms with E-state index in [-0.39, 0.29) is 16.7 Å². The Morgan fingerprint density at radius 2 is 1.74 bits per heavy atom. The minimum atomic E-state index is -0.720. The molecule has 3 N–H and O–H groups in total. The molecule has 4 nitrogen and oxygen atoms in total. The Hall–Kier alpha value is -0.230. The number of aliphatic hydroxyl groups excluding tert-OH is 2. The fourth-order valence-electron chi connectivity index (χ4n) is 4.48. The van der Waals surface area contributed by atoms with E-state index in [4.69, 9.17) is 21.8 Å². The summed E-state index contributed by atoms with van der Waals surface area (Å²) in [5, 5.41) is 28.1. The molecule has 2 rings (SSSR count). The number of thioether (sulfide) groups is 1. The summed E-state index contributed by atoms with van der Waals surface area (Å²) >= 11 is 8.04. The summed E-state index contributed by atoms with van der Waals surface area (Å²) in [6.07, 6.45) is 13.9. The molecule has 0 aromatic carbocycles. The molecule has 3 unspecified atom stereocenters. The van der Waals surface area contributed by atoms with Gasteiger partial charge in [-0.05, 0) is 61.7 Å². The molecular weight excluding hydrogens is 384 g/mol. The first-order chi connectivity index (χ1) is 13.0. The molecule has 2 aliphatic rings. The van der Waals surface area contributed by atoms with Crippen LogP contribution in [0.3, 0.4) is 0 Å². The molecule has 1 aliphatic heterocycles. The van der Waals surface area contributed by atoms with Crippen molar-refractivity contribution in [3.8, 4) is 0 Å². The van der Waals surface area contributed by atoms with E-state index in [9.17, 15) is 9.90 Å². The van der Waals surface area contributed by atoms with E-state index < -0.39 is 5.97 Å². The lowest BCUT2D eigenvalue weighted by Crippen LogP contribution is -2.21. The number of hydrogen-bond acceptors (Lipinski definition) is 4. The monoisotopic (exact) mass is 418 g/mol. The number of hydrogen-bond donors (Lipinski definition) is 3. The van der Waals surface area contributed by atoms with Crippen LogP contribution in [0.4, 0.5) is 0 Å². The second-order valence-corrected chi connectivity index (χ2v) is 9.91. The number of carboxylic acid groups (broad SMARTS) is 1. The molecule has 6 heteroatoms. The van der Waals surface area contributed by atoms with E-state index >= 15 is 0 Å². The molecule has 27 heavy (non-hydrogen) atoms. The zero-order valence-electron chi connectivity index (χ0n) is 16.2. The number of carboxylic acids is 1. The zero-order valence-corrected chi connectivity index (χ0v) is 17.8. The van der Waals surface area contributed by atoms with Crippen LogP contribution in [0.1, 0.15) is 77.0 Å². The van der Waals surface area contributed by atoms with E-state index in [1.165, 1.54) is 35.9 Å². The van der Waals surface area contributed by atoms with Crippen molar-refractivity contribution in [3.63, 3.8) is 0 Å². The van der Waals surface area contributed by atoms with E-state index in [1.54, 1.807) is 0 Å². The molecule has 0 radical (unpaired) electrons. The molecule has 0 bridgehead atoms. The molecule has 0 aromatic heterocycles. The quantitative estimate of drug-likeness (QED) is 0.291. The predicted octanol–water partition coefficient (Wildman–Crippen LogP) is 4.96. The number of alkyl halides is 1. The van der Waals surface area contributed by atoms with Crippen molar-refractivity contribution in [1.82, 2.24) is 0 Å². The number of rotatable bonds is 13. The van der Waals surface area contributed by atoms with Crippen LogP contribution >= 0.6 is 23.4 Å². The summed E-state index contributed by atoms with van der Waals surface area (Å²) in [6.45, 7) is 0.291. The van der Waals surface area contributed by atoms with Gasteiger partial charge in [-0.3, -0.25) is 4.79 Å². The second-order valence-electron chi connectivity index (χ2n) is 8.02. The molecule has 5 atom stereocenters. The van der Waals surface area contributed by atoms with Crippen molar-refractivity contribution in [2.75, 3.05) is 6.61 Å². The Kier molecular flexibility index (Phi) is 10.6. The highest BCUT2D eigenvalue weighted by atomic mass is 35.5. The smallest absolute Gasteiger partial charge is 0.317 e. The summed E-state index contributed by atoms with van der Waals surface area (Å²) in [5.41, 5.74) is 0. The first kappa shape index (κ1) is 23.1. The SMILES string of the molecule is O=C(O)C1CC=C(CCC[C@H]2C(Cl)C[C@@H](O)C2CCCCCCCCO)S1. The number of unbranched alkanes of at least 4 members (excludes halogenated alkanes) is 5. The van der Waals surface area contributed by atoms with Crippen molar-refractivity contribution in [2.24, 2.45) is 11.8 Å². The molecular formula is C21H35ClO4S. The third-order valence-electron chi connectivity index (χ3n) is 6.01. The number of allylic oxidation sites excluding steroid dienone is 2. The van der Waals surface area contributed by atoms with Crippen molar-refractivity contribution < 1.29 is 20.1 Å². The molecule has 1 saturated carbocycles. The molecule has 1 heterocycles. The van der Waals surface area contributed by atoms with Crippen molar-refractivity contribution in [3.05, 3.63) is 11.0 Å². The third-order valence-corrected chi connectivity index (χ3v) is 7.86. The van der Waals surface area contributed by atoms with Crippen LogP contribution in [0.5, 0.6) is 0 Å². The maximum atomic E-state index is 11.0. The normalized spacial score (nSPS) is 30.6. The van der Waals surface area contributed by atoms with Crippen LogP contribution in [0, 0.1) is 11.8 Å². The van der Waals surface area contributed by atoms with Gasteiger partial charge in [-0.25, -0.2) is 0 Å². The molecule has 156 valence electrons. The highest BCUT2D eigenvalue weighted by Gasteiger charge is 2.40. The van der Waals surface area contributed by atoms with Gasteiger partial charge in [0.25, 0.3) is 0 Å². The molecule has 0 amide bonds. The Morgan fingerprint density at radius 3 is 2.41 bits per heavy atom. The lowest BCUT2D eigenvalue weighted by Gasteiger charge is -2.23. The average molecular weight is 419 g/mol. The first-order valence-corrected chi connectivity index (χ1v) is 11.9. The van der Waals surface area contributed by atoms with Crippen molar-refractivity contribution >= 4 is 29.3 Å². The predicted molar refractivity (Wildman–Crippen MR) is 112 cm³/mol. The summed E-state index contributed by atoms with van der Waals surface area (Å²) in [4.78, 5) is 12.2. The maximum absolute atomic E-state index is 11.0. The average Bonchev–Trinajstić information content (AvgIpc) is 3.20. The van der Waals surface area contributed by atoms with Gasteiger partial charge in [0.2, 0.25) is 0 Å². The number of carbonyl (C=O) groups is 1. The molecule has 0 spiro atoms. The van der Waals surface area contributed by atoms with Gasteiger partial charge in [0.1, 0.15) is 5.25 Å². The van der Waals surface area contributed by atoms with Gasteiger partial charge in [-0.1, -0.05) is 38.2 Å². The minimum absolute atomic E-state index is 0.0616. The summed E-state index contributed by atoms with van der Waals surface area (Å²) in [5.74, 6) is -0.0392. The van der Waals surface area contributed by atoms with Crippen LogP contribution in [-0.4, -0.2) is 44.6 Å². The highest BCUT2D eigenvalue weighted by Crippen LogP contribution is 2.43. The number of aliphatic carboxylic acids is 1. The van der Waals surface area contributed by atoms with Crippen LogP contribution in [0.25, 0.3) is 0 Å². The fourth-order valence-corrected chi connectivity index (χ4v) is 6.08. The van der Waals surface area contributed by atoms with Crippen LogP contribution in [0.15, 0.2) is 11.0 Å². The van der Waals surface area contributed by atoms with Gasteiger partial charge < -0.3 is 15.3 Å². The van der Waals surface area contributed by atoms with Gasteiger partial charge in [0.05, 0.1) is 6.10 Å². The van der Waals surface area contributed by atoms with Crippen LogP contribution in [-0.2, 0) is 4.79 Å². The standard InChI is InChI=1S/C21H35ClO4S/c22-18-14-19(24)17(9-5-3-1-2-4-6-13-23)16(18)10-7-8-15-11-12-20(27-15)21(25)26/h11,16-20,23-24H,1-10,12-14H2,(H,25,26)/t16-,17?,18?,19-,20?/m1/s1. The number of halogens is 1. The molecule has 1 aliphatic carbocycles. The summed E-state index contributed by atoms with van der Waals surface area (Å²) in [6, 6.07) is 0. The third kappa shape index (κ3) is 7.60. The fraction of sp³-hybridized carbons (Fsp3) is 0.857. The summed E-state index contributed by atoms with van der Waals surface area (Å²) < 4.78 is 0. The topological polar surface area (TPSA) is 77.8 Å². The van der Waals surface area contributed by atoms with E-state index in [0.717, 1.165) is 44.9 Å². The van der Waals surface area contributed by atoms with Gasteiger partial charge in [0.15, 0.2) is 0 Å². The largest absolute Gasteiger partial charge is 0.480 e. The molecule has 0 aromatic rings. The van der Waals surface area contributed by atoms with Crippen LogP contribution in [0.2, 0.25) is 0 Å². The van der Waals surface area contributed by atoms with Gasteiger partial charge in [-0.2, -0.15) is 0 Å². The second kappa shape index (κ2) is 12.4. The Morgan fingerprint density at radius 1 is 1.07 bits per heavy atom. The van der Waals surface area contributed by atoms with Gasteiger partial charge >= 0.3 is 5.97 Å². The lowest BCUT2D eigenvalue weighted by molar-refractivity contribution is -0.136. The number of aliphatic hydroxyl groups is 2. The van der Waals surface area contributed by atoms with E-state index in [2.05, 4.69) is 6.08 Å². The first-order valence-electron chi connectivity index (χ1n) is 10.5. The minimum Gasteiger partial charge on any atom is -0.480 e. The molecule has 1 fully saturated rings. The van der Waals surface area contributed by atoms with Crippen molar-refractivity contribution in [1.29, 1.82) is 0 Å². The van der Waals surface area contributed by atoms with Gasteiger partial charge in [-0.15, -0.1) is 23.4 Å². The van der Waals surface area contributed by atoms with E-state index in [1.807, 2.05) is 0 Å². The lowest BCUT2D eigenvalue weighted by atomic mass is 9.86. The highest BCUT2D eigenvalue weighted by molar-refractivity contribution is 8.04. The Labute approximate surface area is 172 Å². The van der Waals surface area contributed by atoms with Crippen molar-refractivity contribution in [2.45, 2.75) is 93.8 Å². The van der Waals surface area contributed by atoms with E-state index in [0.29, 0.717) is 31.3 Å². The molecule has 0 saturated heterocycles. The summed E-state index contributed by atoms with van der Waals surface area (Å²) in [7, 11) is 0. The Balaban J connectivity index is 1.66.